The van der Waals surface area contributed by atoms with Crippen molar-refractivity contribution in [2.75, 3.05) is 0 Å². The number of allylic oxidation sites excluding steroid dienone is 1. The first kappa shape index (κ1) is 18.7. The molecule has 0 aliphatic carbocycles. The van der Waals surface area contributed by atoms with Gasteiger partial charge >= 0.3 is 12.1 Å². The smallest absolute Gasteiger partial charge is 0.408 e. The van der Waals surface area contributed by atoms with E-state index in [1.165, 1.54) is 0 Å². The molecule has 1 N–H and O–H groups in total. The number of carbonyl (C=O) groups excluding carboxylic acids is 2. The van der Waals surface area contributed by atoms with Crippen LogP contribution in [0, 0.1) is 0 Å². The molecule has 1 amide bonds. The van der Waals surface area contributed by atoms with Crippen molar-refractivity contribution < 1.29 is 19.1 Å². The van der Waals surface area contributed by atoms with Crippen LogP contribution in [0.2, 0.25) is 0 Å². The average molecular weight is 319 g/mol. The Morgan fingerprint density at radius 1 is 1.22 bits per heavy atom. The summed E-state index contributed by atoms with van der Waals surface area (Å²) in [5, 5.41) is 2.52. The Morgan fingerprint density at radius 3 is 2.43 bits per heavy atom. The highest BCUT2D eigenvalue weighted by Gasteiger charge is 2.23. The fraction of sp³-hybridized carbons (Fsp3) is 0.444. The SMILES string of the molecule is CC/C=C/C(NC(=O)OC(C)(C)C)C(=O)OCc1ccccc1. The molecule has 1 aromatic carbocycles. The van der Waals surface area contributed by atoms with Crippen molar-refractivity contribution in [1.29, 1.82) is 0 Å². The Labute approximate surface area is 137 Å². The van der Waals surface area contributed by atoms with Crippen molar-refractivity contribution in [3.8, 4) is 0 Å². The summed E-state index contributed by atoms with van der Waals surface area (Å²) in [5.41, 5.74) is 0.258. The number of amides is 1. The van der Waals surface area contributed by atoms with Gasteiger partial charge in [0, 0.05) is 0 Å². The van der Waals surface area contributed by atoms with Gasteiger partial charge in [-0.2, -0.15) is 0 Å². The zero-order valence-electron chi connectivity index (χ0n) is 14.2. The highest BCUT2D eigenvalue weighted by molar-refractivity contribution is 5.83. The maximum atomic E-state index is 12.2. The van der Waals surface area contributed by atoms with Crippen LogP contribution in [0.4, 0.5) is 4.79 Å². The molecule has 1 aromatic rings. The lowest BCUT2D eigenvalue weighted by Crippen LogP contribution is -2.43. The third-order valence-electron chi connectivity index (χ3n) is 2.71. The van der Waals surface area contributed by atoms with Crippen LogP contribution in [0.1, 0.15) is 39.7 Å². The highest BCUT2D eigenvalue weighted by atomic mass is 16.6. The molecule has 0 saturated heterocycles. The molecule has 5 heteroatoms. The molecule has 0 spiro atoms. The minimum absolute atomic E-state index is 0.159. The second kappa shape index (κ2) is 8.98. The second-order valence-electron chi connectivity index (χ2n) is 6.05. The summed E-state index contributed by atoms with van der Waals surface area (Å²) in [7, 11) is 0. The topological polar surface area (TPSA) is 64.6 Å². The molecule has 0 heterocycles. The Kier molecular flexibility index (Phi) is 7.32. The zero-order chi connectivity index (χ0) is 17.3. The van der Waals surface area contributed by atoms with Crippen molar-refractivity contribution in [2.45, 2.75) is 52.4 Å². The van der Waals surface area contributed by atoms with E-state index in [1.807, 2.05) is 37.3 Å². The van der Waals surface area contributed by atoms with Crippen molar-refractivity contribution in [3.63, 3.8) is 0 Å². The van der Waals surface area contributed by atoms with Crippen molar-refractivity contribution in [1.82, 2.24) is 5.32 Å². The lowest BCUT2D eigenvalue weighted by molar-refractivity contribution is -0.146. The molecule has 0 aliphatic rings. The van der Waals surface area contributed by atoms with Gasteiger partial charge in [-0.1, -0.05) is 49.4 Å². The Balaban J connectivity index is 2.63. The van der Waals surface area contributed by atoms with E-state index < -0.39 is 23.7 Å². The number of carbonyl (C=O) groups is 2. The summed E-state index contributed by atoms with van der Waals surface area (Å²) in [5.74, 6) is -0.524. The summed E-state index contributed by atoms with van der Waals surface area (Å²) < 4.78 is 10.4. The van der Waals surface area contributed by atoms with E-state index in [1.54, 1.807) is 32.9 Å². The predicted octanol–water partition coefficient (Wildman–Crippen LogP) is 3.59. The number of ether oxygens (including phenoxy) is 2. The predicted molar refractivity (Wildman–Crippen MR) is 88.8 cm³/mol. The second-order valence-corrected chi connectivity index (χ2v) is 6.05. The van der Waals surface area contributed by atoms with Crippen LogP contribution in [0.5, 0.6) is 0 Å². The minimum atomic E-state index is -0.867. The number of esters is 1. The van der Waals surface area contributed by atoms with Crippen LogP contribution in [0.15, 0.2) is 42.5 Å². The van der Waals surface area contributed by atoms with Gasteiger partial charge in [-0.05, 0) is 32.8 Å². The lowest BCUT2D eigenvalue weighted by atomic mass is 10.2. The van der Waals surface area contributed by atoms with E-state index >= 15 is 0 Å². The van der Waals surface area contributed by atoms with Gasteiger partial charge < -0.3 is 14.8 Å². The molecule has 0 radical (unpaired) electrons. The molecule has 23 heavy (non-hydrogen) atoms. The first-order chi connectivity index (χ1) is 10.8. The molecule has 0 bridgehead atoms. The quantitative estimate of drug-likeness (QED) is 0.643. The van der Waals surface area contributed by atoms with Crippen LogP contribution in [0.3, 0.4) is 0 Å². The van der Waals surface area contributed by atoms with Crippen molar-refractivity contribution in [3.05, 3.63) is 48.0 Å². The maximum Gasteiger partial charge on any atom is 0.408 e. The van der Waals surface area contributed by atoms with Crippen molar-refractivity contribution >= 4 is 12.1 Å². The number of benzene rings is 1. The molecule has 0 fully saturated rings. The minimum Gasteiger partial charge on any atom is -0.459 e. The van der Waals surface area contributed by atoms with Gasteiger partial charge in [0.2, 0.25) is 0 Å². The lowest BCUT2D eigenvalue weighted by Gasteiger charge is -2.21. The molecule has 5 nitrogen and oxygen atoms in total. The van der Waals surface area contributed by atoms with Crippen LogP contribution in [-0.4, -0.2) is 23.7 Å². The van der Waals surface area contributed by atoms with E-state index in [0.29, 0.717) is 0 Å². The molecule has 1 unspecified atom stereocenters. The van der Waals surface area contributed by atoms with E-state index in [9.17, 15) is 9.59 Å². The summed E-state index contributed by atoms with van der Waals surface area (Å²) in [6.07, 6.45) is 3.50. The van der Waals surface area contributed by atoms with Gasteiger partial charge in [-0.3, -0.25) is 0 Å². The molecular formula is C18H25NO4. The third kappa shape index (κ3) is 8.04. The molecule has 126 valence electrons. The molecular weight excluding hydrogens is 294 g/mol. The average Bonchev–Trinajstić information content (AvgIpc) is 2.48. The number of hydrogen-bond donors (Lipinski definition) is 1. The van der Waals surface area contributed by atoms with Crippen molar-refractivity contribution in [2.24, 2.45) is 0 Å². The largest absolute Gasteiger partial charge is 0.459 e. The van der Waals surface area contributed by atoms with Gasteiger partial charge in [0.05, 0.1) is 0 Å². The van der Waals surface area contributed by atoms with Gasteiger partial charge in [0.15, 0.2) is 0 Å². The number of hydrogen-bond acceptors (Lipinski definition) is 4. The molecule has 1 atom stereocenters. The Hall–Kier alpha value is -2.30. The fourth-order valence-corrected chi connectivity index (χ4v) is 1.71. The van der Waals surface area contributed by atoms with Crippen LogP contribution in [0.25, 0.3) is 0 Å². The molecule has 0 aromatic heterocycles. The maximum absolute atomic E-state index is 12.2. The first-order valence-corrected chi connectivity index (χ1v) is 7.68. The van der Waals surface area contributed by atoms with E-state index in [0.717, 1.165) is 12.0 Å². The van der Waals surface area contributed by atoms with Crippen LogP contribution < -0.4 is 5.32 Å². The molecule has 0 aliphatic heterocycles. The van der Waals surface area contributed by atoms with E-state index in [4.69, 9.17) is 9.47 Å². The summed E-state index contributed by atoms with van der Waals surface area (Å²) >= 11 is 0. The highest BCUT2D eigenvalue weighted by Crippen LogP contribution is 2.08. The Bertz CT molecular complexity index is 532. The molecule has 0 saturated carbocycles. The summed E-state index contributed by atoms with van der Waals surface area (Å²) in [6.45, 7) is 7.38. The standard InChI is InChI=1S/C18H25NO4/c1-5-6-12-15(19-17(21)23-18(2,3)4)16(20)22-13-14-10-8-7-9-11-14/h6-12,15H,5,13H2,1-4H3,(H,19,21)/b12-6+. The summed E-state index contributed by atoms with van der Waals surface area (Å²) in [4.78, 5) is 24.0. The van der Waals surface area contributed by atoms with Crippen LogP contribution >= 0.6 is 0 Å². The van der Waals surface area contributed by atoms with Gasteiger partial charge in [-0.25, -0.2) is 9.59 Å². The first-order valence-electron chi connectivity index (χ1n) is 7.68. The zero-order valence-corrected chi connectivity index (χ0v) is 14.2. The third-order valence-corrected chi connectivity index (χ3v) is 2.71. The van der Waals surface area contributed by atoms with E-state index in [2.05, 4.69) is 5.32 Å². The fourth-order valence-electron chi connectivity index (χ4n) is 1.71. The Morgan fingerprint density at radius 2 is 1.87 bits per heavy atom. The van der Waals surface area contributed by atoms with Gasteiger partial charge in [-0.15, -0.1) is 0 Å². The number of alkyl carbamates (subject to hydrolysis) is 1. The van der Waals surface area contributed by atoms with E-state index in [-0.39, 0.29) is 6.61 Å². The monoisotopic (exact) mass is 319 g/mol. The number of rotatable bonds is 6. The van der Waals surface area contributed by atoms with Crippen LogP contribution in [-0.2, 0) is 20.9 Å². The van der Waals surface area contributed by atoms with Gasteiger partial charge in [0.1, 0.15) is 18.2 Å². The summed E-state index contributed by atoms with van der Waals surface area (Å²) in [6, 6.07) is 8.50. The number of nitrogens with one attached hydrogen (secondary N) is 1. The molecule has 1 rings (SSSR count). The normalized spacial score (nSPS) is 12.7. The van der Waals surface area contributed by atoms with Gasteiger partial charge in [0.25, 0.3) is 0 Å².